The first-order valence-corrected chi connectivity index (χ1v) is 5.58. The maximum atomic E-state index is 11.4. The Morgan fingerprint density at radius 2 is 2.19 bits per heavy atom. The standard InChI is InChI=1S/C10H14N2O3S/c1-5-4-16-8(10(14)15-3)7(5)12-9(13)6(2)11/h4,6H,11H2,1-3H3,(H,12,13)/t6-/m0/s1. The Kier molecular flexibility index (Phi) is 4.03. The van der Waals surface area contributed by atoms with Crippen LogP contribution >= 0.6 is 11.3 Å². The number of carbonyl (C=O) groups is 2. The van der Waals surface area contributed by atoms with Crippen molar-refractivity contribution in [2.24, 2.45) is 5.73 Å². The van der Waals surface area contributed by atoms with E-state index in [1.165, 1.54) is 18.4 Å². The zero-order valence-corrected chi connectivity index (χ0v) is 10.2. The second-order valence-corrected chi connectivity index (χ2v) is 4.27. The van der Waals surface area contributed by atoms with Gasteiger partial charge in [-0.2, -0.15) is 0 Å². The van der Waals surface area contributed by atoms with Gasteiger partial charge in [-0.15, -0.1) is 11.3 Å². The molecule has 0 spiro atoms. The summed E-state index contributed by atoms with van der Waals surface area (Å²) in [6, 6.07) is -0.621. The SMILES string of the molecule is COC(=O)c1scc(C)c1NC(=O)[C@H](C)N. The van der Waals surface area contributed by atoms with Crippen LogP contribution in [0.3, 0.4) is 0 Å². The van der Waals surface area contributed by atoms with E-state index in [4.69, 9.17) is 5.73 Å². The summed E-state index contributed by atoms with van der Waals surface area (Å²) in [7, 11) is 1.30. The Bertz CT molecular complexity index is 412. The minimum atomic E-state index is -0.621. The number of ether oxygens (including phenoxy) is 1. The molecular weight excluding hydrogens is 228 g/mol. The van der Waals surface area contributed by atoms with Gasteiger partial charge in [0.15, 0.2) is 0 Å². The molecule has 1 amide bonds. The summed E-state index contributed by atoms with van der Waals surface area (Å²) in [6.07, 6.45) is 0. The molecule has 1 atom stereocenters. The van der Waals surface area contributed by atoms with Crippen LogP contribution in [-0.2, 0) is 9.53 Å². The van der Waals surface area contributed by atoms with Crippen LogP contribution in [0.2, 0.25) is 0 Å². The molecule has 16 heavy (non-hydrogen) atoms. The minimum absolute atomic E-state index is 0.327. The first-order chi connectivity index (χ1) is 7.47. The van der Waals surface area contributed by atoms with E-state index in [-0.39, 0.29) is 5.91 Å². The molecule has 6 heteroatoms. The predicted molar refractivity (Wildman–Crippen MR) is 62.7 cm³/mol. The van der Waals surface area contributed by atoms with Gasteiger partial charge >= 0.3 is 5.97 Å². The van der Waals surface area contributed by atoms with Crippen LogP contribution in [0.5, 0.6) is 0 Å². The number of hydrogen-bond acceptors (Lipinski definition) is 5. The Morgan fingerprint density at radius 3 is 2.69 bits per heavy atom. The van der Waals surface area contributed by atoms with Gasteiger partial charge in [-0.25, -0.2) is 4.79 Å². The summed E-state index contributed by atoms with van der Waals surface area (Å²) in [5.41, 5.74) is 6.74. The van der Waals surface area contributed by atoms with Crippen LogP contribution in [0.15, 0.2) is 5.38 Å². The third kappa shape index (κ3) is 2.59. The fourth-order valence-corrected chi connectivity index (χ4v) is 2.00. The molecule has 0 radical (unpaired) electrons. The number of nitrogens with two attached hydrogens (primary N) is 1. The molecule has 88 valence electrons. The van der Waals surface area contributed by atoms with Gasteiger partial charge in [0, 0.05) is 0 Å². The second-order valence-electron chi connectivity index (χ2n) is 3.39. The Balaban J connectivity index is 2.98. The molecule has 0 fully saturated rings. The summed E-state index contributed by atoms with van der Waals surface area (Å²) in [5.74, 6) is -0.787. The van der Waals surface area contributed by atoms with Gasteiger partial charge < -0.3 is 15.8 Å². The number of nitrogens with one attached hydrogen (secondary N) is 1. The molecule has 0 aromatic carbocycles. The third-order valence-electron chi connectivity index (χ3n) is 2.01. The molecule has 5 nitrogen and oxygen atoms in total. The molecule has 0 bridgehead atoms. The number of methoxy groups -OCH3 is 1. The average Bonchev–Trinajstić information content (AvgIpc) is 2.59. The van der Waals surface area contributed by atoms with Crippen molar-refractivity contribution >= 4 is 28.9 Å². The molecule has 0 aliphatic rings. The van der Waals surface area contributed by atoms with Crippen molar-refractivity contribution in [3.63, 3.8) is 0 Å². The maximum Gasteiger partial charge on any atom is 0.350 e. The lowest BCUT2D eigenvalue weighted by molar-refractivity contribution is -0.117. The van der Waals surface area contributed by atoms with Crippen LogP contribution in [0.1, 0.15) is 22.2 Å². The van der Waals surface area contributed by atoms with Crippen LogP contribution in [0.25, 0.3) is 0 Å². The van der Waals surface area contributed by atoms with Gasteiger partial charge in [-0.3, -0.25) is 4.79 Å². The first kappa shape index (κ1) is 12.7. The van der Waals surface area contributed by atoms with Crippen molar-refractivity contribution in [3.05, 3.63) is 15.8 Å². The molecule has 1 heterocycles. The Labute approximate surface area is 97.6 Å². The summed E-state index contributed by atoms with van der Waals surface area (Å²) in [4.78, 5) is 23.2. The van der Waals surface area contributed by atoms with E-state index >= 15 is 0 Å². The lowest BCUT2D eigenvalue weighted by Crippen LogP contribution is -2.33. The number of aryl methyl sites for hydroxylation is 1. The Morgan fingerprint density at radius 1 is 1.56 bits per heavy atom. The Hall–Kier alpha value is -1.40. The van der Waals surface area contributed by atoms with Gasteiger partial charge in [0.25, 0.3) is 0 Å². The average molecular weight is 242 g/mol. The highest BCUT2D eigenvalue weighted by Crippen LogP contribution is 2.28. The highest BCUT2D eigenvalue weighted by Gasteiger charge is 2.19. The van der Waals surface area contributed by atoms with Gasteiger partial charge in [0.2, 0.25) is 5.91 Å². The first-order valence-electron chi connectivity index (χ1n) is 4.70. The summed E-state index contributed by atoms with van der Waals surface area (Å²) >= 11 is 1.23. The topological polar surface area (TPSA) is 81.4 Å². The van der Waals surface area contributed by atoms with Gasteiger partial charge in [0.1, 0.15) is 4.88 Å². The van der Waals surface area contributed by atoms with E-state index in [0.29, 0.717) is 10.6 Å². The summed E-state index contributed by atoms with van der Waals surface area (Å²) in [5, 5.41) is 4.40. The number of hydrogen-bond donors (Lipinski definition) is 2. The van der Waals surface area contributed by atoms with E-state index in [0.717, 1.165) is 5.56 Å². The fraction of sp³-hybridized carbons (Fsp3) is 0.400. The van der Waals surface area contributed by atoms with Crippen LogP contribution in [-0.4, -0.2) is 25.0 Å². The number of anilines is 1. The van der Waals surface area contributed by atoms with Gasteiger partial charge in [0.05, 0.1) is 18.8 Å². The summed E-state index contributed by atoms with van der Waals surface area (Å²) < 4.78 is 4.62. The molecule has 0 saturated heterocycles. The maximum absolute atomic E-state index is 11.4. The van der Waals surface area contributed by atoms with Crippen molar-refractivity contribution in [3.8, 4) is 0 Å². The molecule has 0 aliphatic carbocycles. The molecule has 3 N–H and O–H groups in total. The molecular formula is C10H14N2O3S. The zero-order chi connectivity index (χ0) is 12.3. The van der Waals surface area contributed by atoms with Crippen molar-refractivity contribution < 1.29 is 14.3 Å². The fourth-order valence-electron chi connectivity index (χ4n) is 1.08. The van der Waals surface area contributed by atoms with Crippen molar-refractivity contribution in [1.82, 2.24) is 0 Å². The number of carbonyl (C=O) groups excluding carboxylic acids is 2. The van der Waals surface area contributed by atoms with Gasteiger partial charge in [-0.05, 0) is 24.8 Å². The van der Waals surface area contributed by atoms with E-state index in [9.17, 15) is 9.59 Å². The van der Waals surface area contributed by atoms with E-state index in [1.807, 2.05) is 0 Å². The smallest absolute Gasteiger partial charge is 0.350 e. The quantitative estimate of drug-likeness (QED) is 0.778. The number of rotatable bonds is 3. The molecule has 1 aromatic rings. The highest BCUT2D eigenvalue weighted by molar-refractivity contribution is 7.12. The van der Waals surface area contributed by atoms with Crippen LogP contribution in [0.4, 0.5) is 5.69 Å². The second kappa shape index (κ2) is 5.09. The van der Waals surface area contributed by atoms with E-state index in [1.54, 1.807) is 19.2 Å². The highest BCUT2D eigenvalue weighted by atomic mass is 32.1. The van der Waals surface area contributed by atoms with Crippen molar-refractivity contribution in [2.75, 3.05) is 12.4 Å². The monoisotopic (exact) mass is 242 g/mol. The number of thiophene rings is 1. The van der Waals surface area contributed by atoms with Crippen molar-refractivity contribution in [1.29, 1.82) is 0 Å². The number of amides is 1. The molecule has 1 aromatic heterocycles. The van der Waals surface area contributed by atoms with E-state index < -0.39 is 12.0 Å². The van der Waals surface area contributed by atoms with E-state index in [2.05, 4.69) is 10.1 Å². The van der Waals surface area contributed by atoms with Crippen molar-refractivity contribution in [2.45, 2.75) is 19.9 Å². The molecule has 0 saturated carbocycles. The van der Waals surface area contributed by atoms with Gasteiger partial charge in [-0.1, -0.05) is 0 Å². The largest absolute Gasteiger partial charge is 0.465 e. The normalized spacial score (nSPS) is 12.0. The third-order valence-corrected chi connectivity index (χ3v) is 3.09. The lowest BCUT2D eigenvalue weighted by Gasteiger charge is -2.09. The number of esters is 1. The van der Waals surface area contributed by atoms with Crippen LogP contribution < -0.4 is 11.1 Å². The summed E-state index contributed by atoms with van der Waals surface area (Å²) in [6.45, 7) is 3.38. The van der Waals surface area contributed by atoms with Crippen LogP contribution in [0, 0.1) is 6.92 Å². The molecule has 1 rings (SSSR count). The minimum Gasteiger partial charge on any atom is -0.465 e. The lowest BCUT2D eigenvalue weighted by atomic mass is 10.2. The molecule has 0 aliphatic heterocycles. The predicted octanol–water partition coefficient (Wildman–Crippen LogP) is 1.13. The molecule has 0 unspecified atom stereocenters. The zero-order valence-electron chi connectivity index (χ0n) is 9.37.